The molecule has 0 saturated heterocycles. The minimum Gasteiger partial charge on any atom is -0.370 e. The van der Waals surface area contributed by atoms with E-state index in [9.17, 15) is 0 Å². The largest absolute Gasteiger partial charge is 0.370 e. The van der Waals surface area contributed by atoms with Crippen LogP contribution in [-0.2, 0) is 0 Å². The van der Waals surface area contributed by atoms with Crippen LogP contribution < -0.4 is 10.6 Å². The molecule has 112 valence electrons. The first-order valence-electron chi connectivity index (χ1n) is 7.14. The Morgan fingerprint density at radius 1 is 1.24 bits per heavy atom. The molecule has 0 bridgehead atoms. The molecule has 2 N–H and O–H groups in total. The first kappa shape index (κ1) is 15.6. The molecule has 1 aromatic heterocycles. The summed E-state index contributed by atoms with van der Waals surface area (Å²) in [6.45, 7) is 7.33. The minimum atomic E-state index is 0.565. The van der Waals surface area contributed by atoms with E-state index in [-0.39, 0.29) is 0 Å². The van der Waals surface area contributed by atoms with Crippen molar-refractivity contribution in [3.05, 3.63) is 41.0 Å². The highest BCUT2D eigenvalue weighted by atomic mass is 35.5. The van der Waals surface area contributed by atoms with E-state index in [2.05, 4.69) is 34.4 Å². The van der Waals surface area contributed by atoms with Crippen molar-refractivity contribution in [3.63, 3.8) is 0 Å². The van der Waals surface area contributed by atoms with E-state index in [4.69, 9.17) is 11.6 Å². The monoisotopic (exact) mass is 304 g/mol. The van der Waals surface area contributed by atoms with E-state index in [1.807, 2.05) is 31.2 Å². The van der Waals surface area contributed by atoms with Crippen molar-refractivity contribution in [3.8, 4) is 0 Å². The van der Waals surface area contributed by atoms with Crippen molar-refractivity contribution in [2.45, 2.75) is 27.2 Å². The second kappa shape index (κ2) is 7.27. The first-order valence-corrected chi connectivity index (χ1v) is 7.52. The molecule has 0 fully saturated rings. The van der Waals surface area contributed by atoms with Gasteiger partial charge in [0.15, 0.2) is 0 Å². The zero-order valence-corrected chi connectivity index (χ0v) is 13.4. The summed E-state index contributed by atoms with van der Waals surface area (Å²) in [5.74, 6) is 2.06. The van der Waals surface area contributed by atoms with Crippen LogP contribution in [0.15, 0.2) is 30.5 Å². The maximum atomic E-state index is 6.02. The lowest BCUT2D eigenvalue weighted by molar-refractivity contribution is 0.606. The molecule has 0 radical (unpaired) electrons. The number of benzene rings is 1. The Kier molecular flexibility index (Phi) is 5.39. The molecule has 0 aliphatic carbocycles. The summed E-state index contributed by atoms with van der Waals surface area (Å²) >= 11 is 6.02. The van der Waals surface area contributed by atoms with Gasteiger partial charge in [0.05, 0.1) is 0 Å². The van der Waals surface area contributed by atoms with Gasteiger partial charge in [0.25, 0.3) is 0 Å². The third-order valence-corrected chi connectivity index (χ3v) is 3.36. The topological polar surface area (TPSA) is 49.8 Å². The summed E-state index contributed by atoms with van der Waals surface area (Å²) in [7, 11) is 0. The molecule has 0 atom stereocenters. The van der Waals surface area contributed by atoms with Gasteiger partial charge in [0.1, 0.15) is 5.82 Å². The lowest BCUT2D eigenvalue weighted by atomic mass is 10.1. The number of anilines is 3. The Bertz CT molecular complexity index is 599. The summed E-state index contributed by atoms with van der Waals surface area (Å²) in [6.07, 6.45) is 2.85. The average molecular weight is 305 g/mol. The van der Waals surface area contributed by atoms with Crippen LogP contribution in [0.2, 0.25) is 5.02 Å². The van der Waals surface area contributed by atoms with Crippen LogP contribution in [0.4, 0.5) is 17.5 Å². The Morgan fingerprint density at radius 3 is 2.81 bits per heavy atom. The highest BCUT2D eigenvalue weighted by Crippen LogP contribution is 2.22. The fourth-order valence-electron chi connectivity index (χ4n) is 1.86. The zero-order valence-electron chi connectivity index (χ0n) is 12.7. The van der Waals surface area contributed by atoms with Crippen molar-refractivity contribution in [1.82, 2.24) is 9.97 Å². The van der Waals surface area contributed by atoms with Crippen LogP contribution >= 0.6 is 11.6 Å². The van der Waals surface area contributed by atoms with E-state index < -0.39 is 0 Å². The standard InChI is InChI=1S/C16H21ClN4/c1-11(2)6-8-18-15-7-9-19-16(21-15)20-14-10-13(17)5-4-12(14)3/h4-5,7,9-11H,6,8H2,1-3H3,(H2,18,19,20,21). The van der Waals surface area contributed by atoms with Crippen LogP contribution in [0.25, 0.3) is 0 Å². The molecule has 2 rings (SSSR count). The molecule has 4 nitrogen and oxygen atoms in total. The smallest absolute Gasteiger partial charge is 0.229 e. The predicted molar refractivity (Wildman–Crippen MR) is 89.4 cm³/mol. The number of aromatic nitrogens is 2. The van der Waals surface area contributed by atoms with E-state index in [1.54, 1.807) is 6.20 Å². The average Bonchev–Trinajstić information content (AvgIpc) is 2.43. The van der Waals surface area contributed by atoms with Gasteiger partial charge in [-0.3, -0.25) is 0 Å². The van der Waals surface area contributed by atoms with Gasteiger partial charge in [-0.1, -0.05) is 31.5 Å². The maximum Gasteiger partial charge on any atom is 0.229 e. The van der Waals surface area contributed by atoms with Gasteiger partial charge in [-0.2, -0.15) is 4.98 Å². The molecular formula is C16H21ClN4. The summed E-state index contributed by atoms with van der Waals surface area (Å²) in [5.41, 5.74) is 2.02. The highest BCUT2D eigenvalue weighted by Gasteiger charge is 2.04. The molecule has 0 unspecified atom stereocenters. The van der Waals surface area contributed by atoms with E-state index in [0.29, 0.717) is 16.9 Å². The normalized spacial score (nSPS) is 10.7. The Morgan fingerprint density at radius 2 is 2.05 bits per heavy atom. The SMILES string of the molecule is Cc1ccc(Cl)cc1Nc1nccc(NCCC(C)C)n1. The van der Waals surface area contributed by atoms with Gasteiger partial charge in [-0.05, 0) is 43.0 Å². The van der Waals surface area contributed by atoms with Crippen LogP contribution in [0.3, 0.4) is 0 Å². The van der Waals surface area contributed by atoms with Crippen LogP contribution in [0.1, 0.15) is 25.8 Å². The van der Waals surface area contributed by atoms with Gasteiger partial charge in [-0.25, -0.2) is 4.98 Å². The summed E-state index contributed by atoms with van der Waals surface area (Å²) in [5, 5.41) is 7.21. The second-order valence-corrected chi connectivity index (χ2v) is 5.90. The fraction of sp³-hybridized carbons (Fsp3) is 0.375. The molecule has 0 aliphatic heterocycles. The zero-order chi connectivity index (χ0) is 15.2. The molecule has 0 amide bonds. The lowest BCUT2D eigenvalue weighted by Crippen LogP contribution is -2.07. The van der Waals surface area contributed by atoms with Gasteiger partial charge in [0.2, 0.25) is 5.95 Å². The molecule has 21 heavy (non-hydrogen) atoms. The predicted octanol–water partition coefficient (Wildman–Crippen LogP) is 4.64. The van der Waals surface area contributed by atoms with Gasteiger partial charge in [0, 0.05) is 23.5 Å². The second-order valence-electron chi connectivity index (χ2n) is 5.46. The number of aryl methyl sites for hydroxylation is 1. The van der Waals surface area contributed by atoms with Gasteiger partial charge in [-0.15, -0.1) is 0 Å². The number of rotatable bonds is 6. The lowest BCUT2D eigenvalue weighted by Gasteiger charge is -2.11. The number of halogens is 1. The minimum absolute atomic E-state index is 0.565. The quantitative estimate of drug-likeness (QED) is 0.816. The van der Waals surface area contributed by atoms with Gasteiger partial charge >= 0.3 is 0 Å². The molecular weight excluding hydrogens is 284 g/mol. The highest BCUT2D eigenvalue weighted by molar-refractivity contribution is 6.30. The Labute approximate surface area is 131 Å². The maximum absolute atomic E-state index is 6.02. The molecule has 2 aromatic rings. The summed E-state index contributed by atoms with van der Waals surface area (Å²) < 4.78 is 0. The van der Waals surface area contributed by atoms with Crippen molar-refractivity contribution in [2.24, 2.45) is 5.92 Å². The molecule has 0 spiro atoms. The van der Waals surface area contributed by atoms with Crippen molar-refractivity contribution in [1.29, 1.82) is 0 Å². The number of nitrogens with zero attached hydrogens (tertiary/aromatic N) is 2. The molecule has 0 aliphatic rings. The van der Waals surface area contributed by atoms with E-state index >= 15 is 0 Å². The van der Waals surface area contributed by atoms with Crippen LogP contribution in [-0.4, -0.2) is 16.5 Å². The third-order valence-electron chi connectivity index (χ3n) is 3.13. The number of hydrogen-bond donors (Lipinski definition) is 2. The van der Waals surface area contributed by atoms with E-state index in [1.165, 1.54) is 0 Å². The molecule has 1 aromatic carbocycles. The Balaban J connectivity index is 2.05. The molecule has 1 heterocycles. The van der Waals surface area contributed by atoms with Gasteiger partial charge < -0.3 is 10.6 Å². The number of hydrogen-bond acceptors (Lipinski definition) is 4. The van der Waals surface area contributed by atoms with Crippen LogP contribution in [0.5, 0.6) is 0 Å². The van der Waals surface area contributed by atoms with Crippen molar-refractivity contribution in [2.75, 3.05) is 17.2 Å². The number of nitrogens with one attached hydrogen (secondary N) is 2. The third kappa shape index (κ3) is 4.90. The Hall–Kier alpha value is -1.81. The van der Waals surface area contributed by atoms with Crippen molar-refractivity contribution >= 4 is 29.1 Å². The first-order chi connectivity index (χ1) is 10.0. The molecule has 5 heteroatoms. The van der Waals surface area contributed by atoms with E-state index in [0.717, 1.165) is 30.0 Å². The van der Waals surface area contributed by atoms with Crippen LogP contribution in [0, 0.1) is 12.8 Å². The summed E-state index contributed by atoms with van der Waals surface area (Å²) in [6, 6.07) is 7.58. The van der Waals surface area contributed by atoms with Crippen molar-refractivity contribution < 1.29 is 0 Å². The molecule has 0 saturated carbocycles. The fourth-order valence-corrected chi connectivity index (χ4v) is 2.03. The summed E-state index contributed by atoms with van der Waals surface area (Å²) in [4.78, 5) is 8.70.